The second kappa shape index (κ2) is 3.54. The lowest BCUT2D eigenvalue weighted by Gasteiger charge is -2.55. The van der Waals surface area contributed by atoms with Gasteiger partial charge in [-0.05, 0) is 45.7 Å². The Morgan fingerprint density at radius 1 is 1.25 bits per heavy atom. The van der Waals surface area contributed by atoms with Crippen LogP contribution in [-0.4, -0.2) is 53.3 Å². The minimum Gasteiger partial charge on any atom is -0.301 e. The molecule has 0 saturated carbocycles. The Morgan fingerprint density at radius 3 is 2.44 bits per heavy atom. The molecule has 4 rings (SSSR count). The van der Waals surface area contributed by atoms with Crippen molar-refractivity contribution in [3.05, 3.63) is 0 Å². The smallest absolute Gasteiger partial charge is 0.155 e. The van der Waals surface area contributed by atoms with Crippen molar-refractivity contribution in [2.24, 2.45) is 5.92 Å². The molecule has 4 saturated heterocycles. The second-order valence-electron chi connectivity index (χ2n) is 5.93. The molecule has 0 amide bonds. The maximum Gasteiger partial charge on any atom is 0.155 e. The van der Waals surface area contributed by atoms with E-state index in [9.17, 15) is 4.79 Å². The van der Waals surface area contributed by atoms with E-state index in [2.05, 4.69) is 23.6 Å². The largest absolute Gasteiger partial charge is 0.301 e. The van der Waals surface area contributed by atoms with E-state index in [1.54, 1.807) is 0 Å². The summed E-state index contributed by atoms with van der Waals surface area (Å²) in [5.74, 6) is 1.16. The van der Waals surface area contributed by atoms with Crippen LogP contribution in [-0.2, 0) is 4.79 Å². The molecule has 0 radical (unpaired) electrons. The van der Waals surface area contributed by atoms with Crippen LogP contribution < -0.4 is 0 Å². The van der Waals surface area contributed by atoms with Crippen molar-refractivity contribution >= 4 is 5.78 Å². The van der Waals surface area contributed by atoms with Crippen molar-refractivity contribution < 1.29 is 4.79 Å². The van der Waals surface area contributed by atoms with Crippen LogP contribution in [0.3, 0.4) is 0 Å². The predicted molar refractivity (Wildman–Crippen MR) is 63.4 cm³/mol. The highest BCUT2D eigenvalue weighted by Gasteiger charge is 2.58. The number of rotatable bonds is 1. The molecule has 0 N–H and O–H groups in total. The molecule has 90 valence electrons. The Morgan fingerprint density at radius 2 is 1.94 bits per heavy atom. The molecule has 0 aromatic carbocycles. The second-order valence-corrected chi connectivity index (χ2v) is 5.93. The third kappa shape index (κ3) is 1.25. The molecule has 4 fully saturated rings. The summed E-state index contributed by atoms with van der Waals surface area (Å²) in [5.41, 5.74) is -0.0926. The van der Waals surface area contributed by atoms with Crippen LogP contribution in [0.2, 0.25) is 0 Å². The first-order chi connectivity index (χ1) is 7.64. The Balaban J connectivity index is 1.97. The van der Waals surface area contributed by atoms with Gasteiger partial charge in [-0.1, -0.05) is 0 Å². The number of carbonyl (C=O) groups excluding carboxylic acids is 1. The van der Waals surface area contributed by atoms with E-state index in [0.717, 1.165) is 19.5 Å². The molecule has 16 heavy (non-hydrogen) atoms. The minimum absolute atomic E-state index is 0.0926. The van der Waals surface area contributed by atoms with Gasteiger partial charge >= 0.3 is 0 Å². The maximum absolute atomic E-state index is 12.4. The molecule has 4 aliphatic rings. The lowest BCUT2D eigenvalue weighted by molar-refractivity contribution is -0.139. The van der Waals surface area contributed by atoms with Crippen molar-refractivity contribution in [2.75, 3.05) is 26.2 Å². The Labute approximate surface area is 97.8 Å². The van der Waals surface area contributed by atoms with E-state index in [0.29, 0.717) is 17.7 Å². The monoisotopic (exact) mass is 222 g/mol. The first-order valence-electron chi connectivity index (χ1n) is 6.67. The molecule has 1 unspecified atom stereocenters. The van der Waals surface area contributed by atoms with E-state index < -0.39 is 0 Å². The summed E-state index contributed by atoms with van der Waals surface area (Å²) >= 11 is 0. The lowest BCUT2D eigenvalue weighted by atomic mass is 9.70. The van der Waals surface area contributed by atoms with E-state index in [4.69, 9.17) is 0 Å². The highest BCUT2D eigenvalue weighted by atomic mass is 16.1. The van der Waals surface area contributed by atoms with Crippen LogP contribution in [0.25, 0.3) is 0 Å². The average molecular weight is 222 g/mol. The van der Waals surface area contributed by atoms with E-state index in [1.807, 2.05) is 0 Å². The molecule has 1 atom stereocenters. The lowest BCUT2D eigenvalue weighted by Crippen LogP contribution is -2.68. The molecule has 0 aromatic rings. The van der Waals surface area contributed by atoms with Crippen LogP contribution >= 0.6 is 0 Å². The zero-order valence-corrected chi connectivity index (χ0v) is 10.4. The maximum atomic E-state index is 12.4. The number of piperidine rings is 3. The molecule has 4 heterocycles. The molecular weight excluding hydrogens is 200 g/mol. The van der Waals surface area contributed by atoms with Crippen LogP contribution in [0.15, 0.2) is 0 Å². The Hall–Kier alpha value is -0.410. The van der Waals surface area contributed by atoms with Crippen LogP contribution in [0.4, 0.5) is 0 Å². The number of Topliss-reactive ketones (excluding diaryl/α,β-unsaturated/α-hetero) is 1. The van der Waals surface area contributed by atoms with Gasteiger partial charge in [0, 0.05) is 25.6 Å². The fourth-order valence-electron chi connectivity index (χ4n) is 4.20. The van der Waals surface area contributed by atoms with Crippen molar-refractivity contribution in [2.45, 2.75) is 44.7 Å². The van der Waals surface area contributed by atoms with Gasteiger partial charge in [0.2, 0.25) is 0 Å². The highest BCUT2D eigenvalue weighted by Crippen LogP contribution is 2.44. The molecule has 2 bridgehead atoms. The summed E-state index contributed by atoms with van der Waals surface area (Å²) in [5, 5.41) is 0. The fourth-order valence-corrected chi connectivity index (χ4v) is 4.20. The minimum atomic E-state index is -0.0926. The molecule has 3 heteroatoms. The average Bonchev–Trinajstić information content (AvgIpc) is 2.58. The number of carbonyl (C=O) groups is 1. The van der Waals surface area contributed by atoms with Gasteiger partial charge in [0.05, 0.1) is 5.54 Å². The Bertz CT molecular complexity index is 307. The SMILES string of the molecule is CC(C)N1CCC(=O)C12CN1CCC2CC1. The number of ketones is 1. The summed E-state index contributed by atoms with van der Waals surface area (Å²) in [6, 6.07) is 0.506. The summed E-state index contributed by atoms with van der Waals surface area (Å²) < 4.78 is 0. The molecule has 3 nitrogen and oxygen atoms in total. The number of likely N-dealkylation sites (tertiary alicyclic amines) is 1. The van der Waals surface area contributed by atoms with Gasteiger partial charge in [0.25, 0.3) is 0 Å². The Kier molecular flexibility index (Phi) is 2.37. The van der Waals surface area contributed by atoms with Crippen LogP contribution in [0.1, 0.15) is 33.1 Å². The van der Waals surface area contributed by atoms with Gasteiger partial charge in [-0.15, -0.1) is 0 Å². The number of fused-ring (bicyclic) bond motifs is 2. The van der Waals surface area contributed by atoms with Gasteiger partial charge in [0.1, 0.15) is 0 Å². The van der Waals surface area contributed by atoms with Gasteiger partial charge in [0.15, 0.2) is 5.78 Å². The zero-order valence-electron chi connectivity index (χ0n) is 10.4. The standard InChI is InChI=1S/C13H22N2O/c1-10(2)15-8-5-12(16)13(15)9-14-6-3-11(13)4-7-14/h10-11H,3-9H2,1-2H3. The van der Waals surface area contributed by atoms with Crippen molar-refractivity contribution in [3.8, 4) is 0 Å². The topological polar surface area (TPSA) is 23.6 Å². The highest BCUT2D eigenvalue weighted by molar-refractivity contribution is 5.91. The van der Waals surface area contributed by atoms with Crippen molar-refractivity contribution in [1.29, 1.82) is 0 Å². The summed E-state index contributed by atoms with van der Waals surface area (Å²) in [6.07, 6.45) is 3.24. The van der Waals surface area contributed by atoms with Crippen molar-refractivity contribution in [1.82, 2.24) is 9.80 Å². The predicted octanol–water partition coefficient (Wildman–Crippen LogP) is 1.13. The third-order valence-corrected chi connectivity index (χ3v) is 4.93. The molecule has 4 aliphatic heterocycles. The molecule has 0 aliphatic carbocycles. The zero-order chi connectivity index (χ0) is 11.3. The van der Waals surface area contributed by atoms with E-state index in [-0.39, 0.29) is 5.54 Å². The third-order valence-electron chi connectivity index (χ3n) is 4.93. The van der Waals surface area contributed by atoms with Crippen LogP contribution in [0.5, 0.6) is 0 Å². The summed E-state index contributed by atoms with van der Waals surface area (Å²) in [4.78, 5) is 17.4. The van der Waals surface area contributed by atoms with E-state index in [1.165, 1.54) is 25.9 Å². The fraction of sp³-hybridized carbons (Fsp3) is 0.923. The number of hydrogen-bond acceptors (Lipinski definition) is 3. The van der Waals surface area contributed by atoms with Gasteiger partial charge in [-0.2, -0.15) is 0 Å². The normalized spacial score (nSPS) is 43.8. The summed E-state index contributed by atoms with van der Waals surface area (Å²) in [7, 11) is 0. The quantitative estimate of drug-likeness (QED) is 0.664. The number of nitrogens with zero attached hydrogens (tertiary/aromatic N) is 2. The first-order valence-corrected chi connectivity index (χ1v) is 6.67. The van der Waals surface area contributed by atoms with Crippen LogP contribution in [0, 0.1) is 5.92 Å². The summed E-state index contributed by atoms with van der Waals surface area (Å²) in [6.45, 7) is 8.89. The number of hydrogen-bond donors (Lipinski definition) is 0. The molecular formula is C13H22N2O. The van der Waals surface area contributed by atoms with Gasteiger partial charge in [-0.25, -0.2) is 0 Å². The van der Waals surface area contributed by atoms with Gasteiger partial charge in [-0.3, -0.25) is 9.69 Å². The van der Waals surface area contributed by atoms with Crippen molar-refractivity contribution in [3.63, 3.8) is 0 Å². The molecule has 1 spiro atoms. The molecule has 0 aromatic heterocycles. The van der Waals surface area contributed by atoms with E-state index >= 15 is 0 Å². The first kappa shape index (κ1) is 10.7. The van der Waals surface area contributed by atoms with Gasteiger partial charge < -0.3 is 4.90 Å².